The van der Waals surface area contributed by atoms with Gasteiger partial charge in [-0.1, -0.05) is 18.2 Å². The lowest BCUT2D eigenvalue weighted by atomic mass is 10.2. The highest BCUT2D eigenvalue weighted by Gasteiger charge is 2.05. The van der Waals surface area contributed by atoms with E-state index in [0.717, 1.165) is 17.1 Å². The molecule has 3 N–H and O–H groups in total. The maximum Gasteiger partial charge on any atom is 0.138 e. The van der Waals surface area contributed by atoms with Crippen molar-refractivity contribution in [3.8, 4) is 0 Å². The lowest BCUT2D eigenvalue weighted by molar-refractivity contribution is 1.14. The van der Waals surface area contributed by atoms with E-state index in [-0.39, 0.29) is 0 Å². The van der Waals surface area contributed by atoms with E-state index < -0.39 is 0 Å². The summed E-state index contributed by atoms with van der Waals surface area (Å²) < 4.78 is 0. The Morgan fingerprint density at radius 3 is 2.62 bits per heavy atom. The van der Waals surface area contributed by atoms with Crippen LogP contribution in [0.5, 0.6) is 0 Å². The van der Waals surface area contributed by atoms with Crippen molar-refractivity contribution < 1.29 is 0 Å². The van der Waals surface area contributed by atoms with Gasteiger partial charge in [0.1, 0.15) is 18.0 Å². The Bertz CT molecular complexity index is 508. The Morgan fingerprint density at radius 1 is 1.12 bits per heavy atom. The summed E-state index contributed by atoms with van der Waals surface area (Å²) in [4.78, 5) is 8.10. The second-order valence-electron chi connectivity index (χ2n) is 3.67. The van der Waals surface area contributed by atoms with Crippen molar-refractivity contribution in [2.45, 2.75) is 13.8 Å². The molecule has 4 nitrogen and oxygen atoms in total. The Balaban J connectivity index is 2.35. The summed E-state index contributed by atoms with van der Waals surface area (Å²) in [5.74, 6) is 1.26. The minimum absolute atomic E-state index is 0.506. The fourth-order valence-electron chi connectivity index (χ4n) is 1.43. The number of nitrogens with two attached hydrogens (primary N) is 1. The molecule has 0 aliphatic heterocycles. The molecule has 0 fully saturated rings. The molecular weight excluding hydrogens is 200 g/mol. The Kier molecular flexibility index (Phi) is 2.72. The van der Waals surface area contributed by atoms with E-state index in [0.29, 0.717) is 5.82 Å². The number of nitrogen functional groups attached to an aromatic ring is 1. The van der Waals surface area contributed by atoms with Crippen LogP contribution in [-0.2, 0) is 0 Å². The van der Waals surface area contributed by atoms with Crippen LogP contribution in [-0.4, -0.2) is 9.97 Å². The molecule has 1 aromatic heterocycles. The molecule has 0 aliphatic rings. The first-order chi connectivity index (χ1) is 7.68. The number of hydrogen-bond donors (Lipinski definition) is 2. The van der Waals surface area contributed by atoms with Gasteiger partial charge in [-0.3, -0.25) is 0 Å². The van der Waals surface area contributed by atoms with Crippen LogP contribution in [0.3, 0.4) is 0 Å². The predicted molar refractivity (Wildman–Crippen MR) is 65.6 cm³/mol. The molecule has 0 amide bonds. The monoisotopic (exact) mass is 214 g/mol. The summed E-state index contributed by atoms with van der Waals surface area (Å²) in [6.07, 6.45) is 1.46. The molecule has 0 atom stereocenters. The van der Waals surface area contributed by atoms with Gasteiger partial charge >= 0.3 is 0 Å². The number of aryl methyl sites for hydroxylation is 1. The third-order valence-electron chi connectivity index (χ3n) is 2.52. The fraction of sp³-hybridized carbons (Fsp3) is 0.167. The Labute approximate surface area is 94.5 Å². The quantitative estimate of drug-likeness (QED) is 0.805. The smallest absolute Gasteiger partial charge is 0.138 e. The molecule has 0 saturated carbocycles. The minimum Gasteiger partial charge on any atom is -0.383 e. The average molecular weight is 214 g/mol. The topological polar surface area (TPSA) is 63.8 Å². The van der Waals surface area contributed by atoms with Gasteiger partial charge < -0.3 is 11.1 Å². The van der Waals surface area contributed by atoms with Gasteiger partial charge in [-0.2, -0.15) is 0 Å². The number of rotatable bonds is 2. The van der Waals surface area contributed by atoms with Crippen molar-refractivity contribution in [1.29, 1.82) is 0 Å². The largest absolute Gasteiger partial charge is 0.383 e. The van der Waals surface area contributed by atoms with E-state index in [4.69, 9.17) is 5.73 Å². The van der Waals surface area contributed by atoms with Crippen LogP contribution in [0.15, 0.2) is 30.6 Å². The van der Waals surface area contributed by atoms with Crippen molar-refractivity contribution in [1.82, 2.24) is 9.97 Å². The summed E-state index contributed by atoms with van der Waals surface area (Å²) in [6, 6.07) is 8.03. The molecule has 4 heteroatoms. The van der Waals surface area contributed by atoms with Crippen molar-refractivity contribution in [2.75, 3.05) is 11.1 Å². The van der Waals surface area contributed by atoms with E-state index in [9.17, 15) is 0 Å². The number of aromatic nitrogens is 2. The van der Waals surface area contributed by atoms with Crippen molar-refractivity contribution in [2.24, 2.45) is 0 Å². The fourth-order valence-corrected chi connectivity index (χ4v) is 1.43. The molecule has 1 heterocycles. The average Bonchev–Trinajstić information content (AvgIpc) is 2.28. The standard InChI is InChI=1S/C12H14N4/c1-8-5-3-4-6-10(8)16-12-9(2)11(13)14-7-15-12/h3-7H,1-2H3,(H3,13,14,15,16). The number of para-hydroxylation sites is 1. The Morgan fingerprint density at radius 2 is 1.88 bits per heavy atom. The molecule has 0 spiro atoms. The maximum atomic E-state index is 5.72. The van der Waals surface area contributed by atoms with Crippen molar-refractivity contribution >= 4 is 17.3 Å². The highest BCUT2D eigenvalue weighted by molar-refractivity contribution is 5.65. The molecule has 0 unspecified atom stereocenters. The second-order valence-corrected chi connectivity index (χ2v) is 3.67. The third-order valence-corrected chi connectivity index (χ3v) is 2.52. The zero-order valence-corrected chi connectivity index (χ0v) is 9.36. The third kappa shape index (κ3) is 1.95. The van der Waals surface area contributed by atoms with E-state index in [2.05, 4.69) is 15.3 Å². The summed E-state index contributed by atoms with van der Waals surface area (Å²) in [5, 5.41) is 3.25. The highest BCUT2D eigenvalue weighted by Crippen LogP contribution is 2.22. The first kappa shape index (κ1) is 10.4. The zero-order valence-electron chi connectivity index (χ0n) is 9.36. The molecule has 16 heavy (non-hydrogen) atoms. The lowest BCUT2D eigenvalue weighted by Gasteiger charge is -2.11. The van der Waals surface area contributed by atoms with Crippen LogP contribution in [0.4, 0.5) is 17.3 Å². The maximum absolute atomic E-state index is 5.72. The van der Waals surface area contributed by atoms with Crippen LogP contribution in [0, 0.1) is 13.8 Å². The molecule has 2 aromatic rings. The van der Waals surface area contributed by atoms with Crippen LogP contribution < -0.4 is 11.1 Å². The molecule has 2 rings (SSSR count). The van der Waals surface area contributed by atoms with Crippen LogP contribution in [0.1, 0.15) is 11.1 Å². The van der Waals surface area contributed by atoms with Gasteiger partial charge in [0.25, 0.3) is 0 Å². The van der Waals surface area contributed by atoms with Crippen molar-refractivity contribution in [3.05, 3.63) is 41.7 Å². The zero-order chi connectivity index (χ0) is 11.5. The number of nitrogens with zero attached hydrogens (tertiary/aromatic N) is 2. The van der Waals surface area contributed by atoms with Gasteiger partial charge in [0.2, 0.25) is 0 Å². The normalized spacial score (nSPS) is 10.1. The SMILES string of the molecule is Cc1ccccc1Nc1ncnc(N)c1C. The minimum atomic E-state index is 0.506. The number of hydrogen-bond acceptors (Lipinski definition) is 4. The highest BCUT2D eigenvalue weighted by atomic mass is 15.0. The van der Waals surface area contributed by atoms with Gasteiger partial charge in [-0.15, -0.1) is 0 Å². The number of nitrogens with one attached hydrogen (secondary N) is 1. The lowest BCUT2D eigenvalue weighted by Crippen LogP contribution is -2.02. The number of benzene rings is 1. The summed E-state index contributed by atoms with van der Waals surface area (Å²) >= 11 is 0. The predicted octanol–water partition coefficient (Wildman–Crippen LogP) is 2.42. The van der Waals surface area contributed by atoms with Gasteiger partial charge in [0.15, 0.2) is 0 Å². The first-order valence-electron chi connectivity index (χ1n) is 5.08. The second kappa shape index (κ2) is 4.18. The van der Waals surface area contributed by atoms with Gasteiger partial charge in [-0.05, 0) is 25.5 Å². The molecule has 0 radical (unpaired) electrons. The molecule has 1 aromatic carbocycles. The molecular formula is C12H14N4. The van der Waals surface area contributed by atoms with E-state index in [1.54, 1.807) is 0 Å². The van der Waals surface area contributed by atoms with Gasteiger partial charge in [0, 0.05) is 11.3 Å². The molecule has 82 valence electrons. The molecule has 0 bridgehead atoms. The van der Waals surface area contributed by atoms with Crippen molar-refractivity contribution in [3.63, 3.8) is 0 Å². The van der Waals surface area contributed by atoms with Gasteiger partial charge in [0.05, 0.1) is 0 Å². The molecule has 0 aliphatic carbocycles. The van der Waals surface area contributed by atoms with Gasteiger partial charge in [-0.25, -0.2) is 9.97 Å². The number of anilines is 3. The van der Waals surface area contributed by atoms with Crippen LogP contribution in [0.25, 0.3) is 0 Å². The van der Waals surface area contributed by atoms with E-state index in [1.165, 1.54) is 11.9 Å². The summed E-state index contributed by atoms with van der Waals surface area (Å²) in [6.45, 7) is 3.94. The Hall–Kier alpha value is -2.10. The van der Waals surface area contributed by atoms with E-state index in [1.807, 2.05) is 38.1 Å². The van der Waals surface area contributed by atoms with Crippen LogP contribution >= 0.6 is 0 Å². The van der Waals surface area contributed by atoms with E-state index >= 15 is 0 Å². The summed E-state index contributed by atoms with van der Waals surface area (Å²) in [7, 11) is 0. The molecule has 0 saturated heterocycles. The summed E-state index contributed by atoms with van der Waals surface area (Å²) in [5.41, 5.74) is 8.78. The van der Waals surface area contributed by atoms with Crippen LogP contribution in [0.2, 0.25) is 0 Å². The first-order valence-corrected chi connectivity index (χ1v) is 5.08.